The number of nitrogens with one attached hydrogen (secondary N) is 1. The number of rotatable bonds is 2. The molecule has 0 bridgehead atoms. The number of hydrogen-bond donors (Lipinski definition) is 1. The van der Waals surface area contributed by atoms with Crippen LogP contribution >= 0.6 is 0 Å². The summed E-state index contributed by atoms with van der Waals surface area (Å²) in [6, 6.07) is 10.3. The Bertz CT molecular complexity index is 572. The maximum absolute atomic E-state index is 11.2. The first kappa shape index (κ1) is 11.1. The van der Waals surface area contributed by atoms with Gasteiger partial charge in [-0.05, 0) is 25.0 Å². The second-order valence-corrected chi connectivity index (χ2v) is 4.75. The fraction of sp³-hybridized carbons (Fsp3) is 0.357. The summed E-state index contributed by atoms with van der Waals surface area (Å²) in [7, 11) is 0. The third kappa shape index (κ3) is 2.32. The Morgan fingerprint density at radius 2 is 1.89 bits per heavy atom. The predicted molar refractivity (Wildman–Crippen MR) is 70.4 cm³/mol. The van der Waals surface area contributed by atoms with Crippen molar-refractivity contribution >= 4 is 22.5 Å². The summed E-state index contributed by atoms with van der Waals surface area (Å²) >= 11 is 0. The van der Waals surface area contributed by atoms with Crippen LogP contribution in [0.1, 0.15) is 25.7 Å². The van der Waals surface area contributed by atoms with E-state index in [-0.39, 0.29) is 0 Å². The zero-order valence-corrected chi connectivity index (χ0v) is 10.1. The lowest BCUT2D eigenvalue weighted by atomic mass is 9.94. The van der Waals surface area contributed by atoms with Gasteiger partial charge in [-0.25, -0.2) is 0 Å². The minimum Gasteiger partial charge on any atom is -0.366 e. The summed E-state index contributed by atoms with van der Waals surface area (Å²) < 4.78 is 0. The lowest BCUT2D eigenvalue weighted by Crippen LogP contribution is -2.26. The van der Waals surface area contributed by atoms with Crippen LogP contribution in [-0.4, -0.2) is 22.0 Å². The molecule has 1 aliphatic carbocycles. The van der Waals surface area contributed by atoms with Crippen LogP contribution < -0.4 is 5.32 Å². The topological polar surface area (TPSA) is 54.9 Å². The molecular weight excluding hydrogens is 226 g/mol. The summed E-state index contributed by atoms with van der Waals surface area (Å²) in [6.45, 7) is 0. The first-order valence-corrected chi connectivity index (χ1v) is 6.32. The lowest BCUT2D eigenvalue weighted by molar-refractivity contribution is -0.120. The number of anilines is 1. The molecule has 0 atom stereocenters. The molecule has 1 aromatic heterocycles. The summed E-state index contributed by atoms with van der Waals surface area (Å²) in [5.74, 6) is 1.17. The summed E-state index contributed by atoms with van der Waals surface area (Å²) in [5.41, 5.74) is 0.905. The van der Waals surface area contributed by atoms with Crippen molar-refractivity contribution in [2.24, 2.45) is 0 Å². The van der Waals surface area contributed by atoms with E-state index in [9.17, 15) is 4.79 Å². The second kappa shape index (κ2) is 4.72. The highest BCUT2D eigenvalue weighted by Gasteiger charge is 2.18. The summed E-state index contributed by atoms with van der Waals surface area (Å²) in [4.78, 5) is 11.2. The minimum atomic E-state index is 0.346. The van der Waals surface area contributed by atoms with Gasteiger partial charge in [0.2, 0.25) is 0 Å². The quantitative estimate of drug-likeness (QED) is 0.877. The maximum Gasteiger partial charge on any atom is 0.149 e. The van der Waals surface area contributed by atoms with E-state index >= 15 is 0 Å². The highest BCUT2D eigenvalue weighted by molar-refractivity contribution is 5.80. The van der Waals surface area contributed by atoms with E-state index in [0.717, 1.165) is 29.6 Å². The Balaban J connectivity index is 1.76. The number of Topliss-reactive ketones (excluding diaryl/α,β-unsaturated/α-hetero) is 1. The molecule has 0 spiro atoms. The molecule has 0 radical (unpaired) electrons. The third-order valence-corrected chi connectivity index (χ3v) is 3.39. The van der Waals surface area contributed by atoms with Gasteiger partial charge in [-0.1, -0.05) is 18.2 Å². The van der Waals surface area contributed by atoms with Crippen molar-refractivity contribution < 1.29 is 4.79 Å². The largest absolute Gasteiger partial charge is 0.366 e. The van der Waals surface area contributed by atoms with Crippen molar-refractivity contribution in [3.8, 4) is 0 Å². The average Bonchev–Trinajstić information content (AvgIpc) is 2.41. The number of carbonyl (C=O) groups is 1. The smallest absolute Gasteiger partial charge is 0.149 e. The highest BCUT2D eigenvalue weighted by atomic mass is 16.1. The van der Waals surface area contributed by atoms with Gasteiger partial charge in [0.1, 0.15) is 11.6 Å². The fourth-order valence-corrected chi connectivity index (χ4v) is 2.35. The van der Waals surface area contributed by atoms with Crippen molar-refractivity contribution in [2.75, 3.05) is 5.32 Å². The van der Waals surface area contributed by atoms with E-state index in [1.807, 2.05) is 30.3 Å². The van der Waals surface area contributed by atoms with Crippen LogP contribution in [0, 0.1) is 0 Å². The number of hydrogen-bond acceptors (Lipinski definition) is 4. The van der Waals surface area contributed by atoms with Gasteiger partial charge in [-0.15, -0.1) is 10.2 Å². The molecular formula is C14H15N3O. The van der Waals surface area contributed by atoms with E-state index in [1.165, 1.54) is 0 Å². The molecule has 1 fully saturated rings. The van der Waals surface area contributed by atoms with Crippen molar-refractivity contribution in [3.05, 3.63) is 30.3 Å². The van der Waals surface area contributed by atoms with E-state index < -0.39 is 0 Å². The molecule has 0 unspecified atom stereocenters. The molecule has 1 heterocycles. The molecule has 0 saturated heterocycles. The molecule has 18 heavy (non-hydrogen) atoms. The van der Waals surface area contributed by atoms with Crippen molar-refractivity contribution in [3.63, 3.8) is 0 Å². The van der Waals surface area contributed by atoms with E-state index in [1.54, 1.807) is 0 Å². The first-order chi connectivity index (χ1) is 8.81. The van der Waals surface area contributed by atoms with Gasteiger partial charge in [0, 0.05) is 24.3 Å². The van der Waals surface area contributed by atoms with Crippen molar-refractivity contribution in [1.29, 1.82) is 0 Å². The predicted octanol–water partition coefficient (Wildman–Crippen LogP) is 2.55. The Labute approximate surface area is 105 Å². The Kier molecular flexibility index (Phi) is 2.92. The first-order valence-electron chi connectivity index (χ1n) is 6.32. The zero-order chi connectivity index (χ0) is 12.4. The van der Waals surface area contributed by atoms with Crippen LogP contribution in [0.5, 0.6) is 0 Å². The number of carbonyl (C=O) groups excluding carboxylic acids is 1. The average molecular weight is 241 g/mol. The van der Waals surface area contributed by atoms with Crippen LogP contribution in [0.2, 0.25) is 0 Å². The van der Waals surface area contributed by atoms with Gasteiger partial charge in [-0.2, -0.15) is 0 Å². The monoisotopic (exact) mass is 241 g/mol. The van der Waals surface area contributed by atoms with Crippen LogP contribution in [-0.2, 0) is 4.79 Å². The number of benzene rings is 1. The van der Waals surface area contributed by atoms with Crippen LogP contribution in [0.25, 0.3) is 10.9 Å². The van der Waals surface area contributed by atoms with Crippen LogP contribution in [0.15, 0.2) is 30.3 Å². The lowest BCUT2D eigenvalue weighted by Gasteiger charge is -2.22. The van der Waals surface area contributed by atoms with E-state index in [2.05, 4.69) is 15.5 Å². The Morgan fingerprint density at radius 3 is 2.72 bits per heavy atom. The van der Waals surface area contributed by atoms with Gasteiger partial charge in [0.15, 0.2) is 0 Å². The molecule has 1 aliphatic rings. The molecule has 4 nitrogen and oxygen atoms in total. The summed E-state index contributed by atoms with van der Waals surface area (Å²) in [6.07, 6.45) is 3.15. The van der Waals surface area contributed by atoms with Gasteiger partial charge in [0.05, 0.1) is 5.52 Å². The number of nitrogens with zero attached hydrogens (tertiary/aromatic N) is 2. The molecule has 92 valence electrons. The van der Waals surface area contributed by atoms with Gasteiger partial charge < -0.3 is 5.32 Å². The molecule has 2 aromatic rings. The van der Waals surface area contributed by atoms with Crippen molar-refractivity contribution in [1.82, 2.24) is 10.2 Å². The SMILES string of the molecule is O=C1CCC(Nc2cc3ccccc3nn2)CC1. The number of fused-ring (bicyclic) bond motifs is 1. The third-order valence-electron chi connectivity index (χ3n) is 3.39. The zero-order valence-electron chi connectivity index (χ0n) is 10.1. The molecule has 4 heteroatoms. The van der Waals surface area contributed by atoms with E-state index in [0.29, 0.717) is 24.7 Å². The van der Waals surface area contributed by atoms with Crippen LogP contribution in [0.3, 0.4) is 0 Å². The fourth-order valence-electron chi connectivity index (χ4n) is 2.35. The molecule has 1 saturated carbocycles. The van der Waals surface area contributed by atoms with Gasteiger partial charge in [-0.3, -0.25) is 4.79 Å². The van der Waals surface area contributed by atoms with Crippen LogP contribution in [0.4, 0.5) is 5.82 Å². The van der Waals surface area contributed by atoms with Gasteiger partial charge in [0.25, 0.3) is 0 Å². The molecule has 1 aromatic carbocycles. The highest BCUT2D eigenvalue weighted by Crippen LogP contribution is 2.20. The number of aromatic nitrogens is 2. The molecule has 0 aliphatic heterocycles. The normalized spacial score (nSPS) is 17.0. The Hall–Kier alpha value is -1.97. The molecule has 1 N–H and O–H groups in total. The summed E-state index contributed by atoms with van der Waals surface area (Å²) in [5, 5.41) is 12.8. The minimum absolute atomic E-state index is 0.346. The standard InChI is InChI=1S/C14H15N3O/c18-12-7-5-11(6-8-12)15-14-9-10-3-1-2-4-13(10)16-17-14/h1-4,9,11H,5-8H2,(H,15,17). The number of ketones is 1. The molecule has 3 rings (SSSR count). The van der Waals surface area contributed by atoms with E-state index in [4.69, 9.17) is 0 Å². The molecule has 0 amide bonds. The van der Waals surface area contributed by atoms with Crippen molar-refractivity contribution in [2.45, 2.75) is 31.7 Å². The maximum atomic E-state index is 11.2. The Morgan fingerprint density at radius 1 is 1.11 bits per heavy atom. The second-order valence-electron chi connectivity index (χ2n) is 4.75. The van der Waals surface area contributed by atoms with Gasteiger partial charge >= 0.3 is 0 Å².